The number of carbonyl (C=O) groups is 2. The van der Waals surface area contributed by atoms with Crippen LogP contribution >= 0.6 is 0 Å². The Morgan fingerprint density at radius 2 is 2.13 bits per heavy atom. The third-order valence-corrected chi connectivity index (χ3v) is 3.77. The zero-order valence-electron chi connectivity index (χ0n) is 12.2. The fraction of sp³-hybridized carbons (Fsp3) is 0.385. The van der Waals surface area contributed by atoms with E-state index >= 15 is 0 Å². The number of ether oxygens (including phenoxy) is 1. The average Bonchev–Trinajstić information content (AvgIpc) is 2.47. The van der Waals surface area contributed by atoms with Crippen molar-refractivity contribution in [3.63, 3.8) is 0 Å². The molecule has 1 unspecified atom stereocenters. The number of aliphatic carboxylic acids is 1. The van der Waals surface area contributed by atoms with Gasteiger partial charge in [-0.25, -0.2) is 17.6 Å². The number of carbonyl (C=O) groups excluding carboxylic acids is 1. The van der Waals surface area contributed by atoms with Crippen molar-refractivity contribution in [2.45, 2.75) is 6.04 Å². The fourth-order valence-electron chi connectivity index (χ4n) is 2.15. The highest BCUT2D eigenvalue weighted by atomic mass is 32.2. The van der Waals surface area contributed by atoms with E-state index in [1.807, 2.05) is 4.72 Å². The van der Waals surface area contributed by atoms with Crippen molar-refractivity contribution >= 4 is 27.6 Å². The Hall–Kier alpha value is -2.20. The maximum Gasteiger partial charge on any atom is 0.328 e. The van der Waals surface area contributed by atoms with Gasteiger partial charge in [0.25, 0.3) is 5.91 Å². The second kappa shape index (κ2) is 6.50. The van der Waals surface area contributed by atoms with Crippen LogP contribution in [0.5, 0.6) is 0 Å². The van der Waals surface area contributed by atoms with Gasteiger partial charge in [-0.1, -0.05) is 0 Å². The molecule has 1 fully saturated rings. The highest BCUT2D eigenvalue weighted by Gasteiger charge is 2.33. The predicted molar refractivity (Wildman–Crippen MR) is 78.1 cm³/mol. The summed E-state index contributed by atoms with van der Waals surface area (Å²) in [4.78, 5) is 24.7. The van der Waals surface area contributed by atoms with Crippen LogP contribution in [0.1, 0.15) is 10.4 Å². The summed E-state index contributed by atoms with van der Waals surface area (Å²) in [5, 5.41) is 9.13. The molecule has 2 rings (SSSR count). The van der Waals surface area contributed by atoms with Crippen LogP contribution in [0.2, 0.25) is 0 Å². The molecule has 1 aromatic rings. The first-order chi connectivity index (χ1) is 10.7. The summed E-state index contributed by atoms with van der Waals surface area (Å²) < 4.78 is 43.1. The van der Waals surface area contributed by atoms with Gasteiger partial charge in [-0.05, 0) is 18.2 Å². The van der Waals surface area contributed by atoms with Gasteiger partial charge in [0.05, 0.1) is 25.2 Å². The quantitative estimate of drug-likeness (QED) is 0.801. The number of hydrogen-bond acceptors (Lipinski definition) is 5. The van der Waals surface area contributed by atoms with Crippen LogP contribution in [0.15, 0.2) is 18.2 Å². The Balaban J connectivity index is 2.31. The van der Waals surface area contributed by atoms with Gasteiger partial charge in [-0.3, -0.25) is 9.52 Å². The van der Waals surface area contributed by atoms with Gasteiger partial charge in [0, 0.05) is 12.1 Å². The van der Waals surface area contributed by atoms with Crippen molar-refractivity contribution in [2.75, 3.05) is 30.7 Å². The molecule has 0 bridgehead atoms. The number of benzene rings is 1. The molecule has 126 valence electrons. The maximum atomic E-state index is 13.6. The number of carboxylic acids is 1. The van der Waals surface area contributed by atoms with Crippen LogP contribution in [-0.2, 0) is 19.6 Å². The molecule has 1 aliphatic heterocycles. The van der Waals surface area contributed by atoms with Crippen LogP contribution in [-0.4, -0.2) is 62.4 Å². The van der Waals surface area contributed by atoms with E-state index in [1.165, 1.54) is 6.07 Å². The third-order valence-electron chi connectivity index (χ3n) is 3.18. The third kappa shape index (κ3) is 4.17. The minimum absolute atomic E-state index is 0.0225. The molecule has 1 saturated heterocycles. The molecule has 0 aromatic heterocycles. The first-order valence-electron chi connectivity index (χ1n) is 6.58. The largest absolute Gasteiger partial charge is 0.480 e. The Kier molecular flexibility index (Phi) is 4.85. The molecule has 23 heavy (non-hydrogen) atoms. The zero-order chi connectivity index (χ0) is 17.2. The molecule has 1 atom stereocenters. The second-order valence-electron chi connectivity index (χ2n) is 5.00. The predicted octanol–water partition coefficient (Wildman–Crippen LogP) is 0.123. The SMILES string of the molecule is CS(=O)(=O)Nc1cc(C(=O)N2CCOCC2C(=O)O)ccc1F. The molecule has 0 spiro atoms. The fourth-order valence-corrected chi connectivity index (χ4v) is 2.71. The number of nitrogens with one attached hydrogen (secondary N) is 1. The van der Waals surface area contributed by atoms with Crippen LogP contribution in [0, 0.1) is 5.82 Å². The van der Waals surface area contributed by atoms with Crippen molar-refractivity contribution in [1.82, 2.24) is 4.90 Å². The summed E-state index contributed by atoms with van der Waals surface area (Å²) in [6.45, 7) is 0.115. The lowest BCUT2D eigenvalue weighted by Gasteiger charge is -2.33. The number of anilines is 1. The number of halogens is 1. The molecule has 0 saturated carbocycles. The van der Waals surface area contributed by atoms with E-state index < -0.39 is 33.8 Å². The van der Waals surface area contributed by atoms with Crippen LogP contribution in [0.25, 0.3) is 0 Å². The van der Waals surface area contributed by atoms with E-state index in [-0.39, 0.29) is 31.0 Å². The molecule has 2 N–H and O–H groups in total. The monoisotopic (exact) mass is 346 g/mol. The summed E-state index contributed by atoms with van der Waals surface area (Å²) in [7, 11) is -3.72. The first kappa shape index (κ1) is 17.2. The van der Waals surface area contributed by atoms with E-state index in [2.05, 4.69) is 0 Å². The van der Waals surface area contributed by atoms with Crippen molar-refractivity contribution in [2.24, 2.45) is 0 Å². The molecular weight excluding hydrogens is 331 g/mol. The Bertz CT molecular complexity index is 736. The summed E-state index contributed by atoms with van der Waals surface area (Å²) in [6.07, 6.45) is 0.851. The summed E-state index contributed by atoms with van der Waals surface area (Å²) in [5.41, 5.74) is -0.399. The van der Waals surface area contributed by atoms with E-state index in [1.54, 1.807) is 0 Å². The van der Waals surface area contributed by atoms with Crippen molar-refractivity contribution in [3.05, 3.63) is 29.6 Å². The number of morpholine rings is 1. The maximum absolute atomic E-state index is 13.6. The topological polar surface area (TPSA) is 113 Å². The molecule has 0 aliphatic carbocycles. The van der Waals surface area contributed by atoms with Crippen LogP contribution in [0.4, 0.5) is 10.1 Å². The smallest absolute Gasteiger partial charge is 0.328 e. The number of amides is 1. The summed E-state index contributed by atoms with van der Waals surface area (Å²) in [5.74, 6) is -2.70. The Labute approximate surface area is 131 Å². The highest BCUT2D eigenvalue weighted by molar-refractivity contribution is 7.92. The molecule has 1 heterocycles. The Morgan fingerprint density at radius 1 is 1.43 bits per heavy atom. The lowest BCUT2D eigenvalue weighted by molar-refractivity contribution is -0.147. The molecule has 0 radical (unpaired) electrons. The number of hydrogen-bond donors (Lipinski definition) is 2. The number of carboxylic acid groups (broad SMARTS) is 1. The molecule has 8 nitrogen and oxygen atoms in total. The molecule has 1 amide bonds. The van der Waals surface area contributed by atoms with Gasteiger partial charge >= 0.3 is 5.97 Å². The summed E-state index contributed by atoms with van der Waals surface area (Å²) >= 11 is 0. The molecule has 1 aromatic carbocycles. The van der Waals surface area contributed by atoms with E-state index in [9.17, 15) is 22.4 Å². The average molecular weight is 346 g/mol. The highest BCUT2D eigenvalue weighted by Crippen LogP contribution is 2.20. The number of nitrogens with zero attached hydrogens (tertiary/aromatic N) is 1. The molecule has 1 aliphatic rings. The first-order valence-corrected chi connectivity index (χ1v) is 8.47. The van der Waals surface area contributed by atoms with E-state index in [0.29, 0.717) is 0 Å². The molecule has 10 heteroatoms. The minimum Gasteiger partial charge on any atom is -0.480 e. The van der Waals surface area contributed by atoms with Gasteiger partial charge < -0.3 is 14.7 Å². The van der Waals surface area contributed by atoms with E-state index in [0.717, 1.165) is 23.3 Å². The van der Waals surface area contributed by atoms with Crippen molar-refractivity contribution in [1.29, 1.82) is 0 Å². The van der Waals surface area contributed by atoms with Gasteiger partial charge in [-0.2, -0.15) is 0 Å². The second-order valence-corrected chi connectivity index (χ2v) is 6.74. The van der Waals surface area contributed by atoms with Gasteiger partial charge in [-0.15, -0.1) is 0 Å². The van der Waals surface area contributed by atoms with Gasteiger partial charge in [0.1, 0.15) is 5.82 Å². The zero-order valence-corrected chi connectivity index (χ0v) is 13.0. The molecular formula is C13H15FN2O6S. The normalized spacial score (nSPS) is 18.5. The van der Waals surface area contributed by atoms with Crippen LogP contribution in [0.3, 0.4) is 0 Å². The Morgan fingerprint density at radius 3 is 2.74 bits per heavy atom. The lowest BCUT2D eigenvalue weighted by atomic mass is 10.1. The summed E-state index contributed by atoms with van der Waals surface area (Å²) in [6, 6.07) is 2.00. The van der Waals surface area contributed by atoms with Gasteiger partial charge in [0.15, 0.2) is 6.04 Å². The number of rotatable bonds is 4. The van der Waals surface area contributed by atoms with Crippen molar-refractivity contribution < 1.29 is 32.2 Å². The van der Waals surface area contributed by atoms with E-state index in [4.69, 9.17) is 9.84 Å². The van der Waals surface area contributed by atoms with Crippen molar-refractivity contribution in [3.8, 4) is 0 Å². The number of sulfonamides is 1. The lowest BCUT2D eigenvalue weighted by Crippen LogP contribution is -2.52. The minimum atomic E-state index is -3.72. The van der Waals surface area contributed by atoms with Gasteiger partial charge in [0.2, 0.25) is 10.0 Å². The van der Waals surface area contributed by atoms with Crippen LogP contribution < -0.4 is 4.72 Å². The standard InChI is InChI=1S/C13H15FN2O6S/c1-23(20,21)15-10-6-8(2-3-9(10)14)12(17)16-4-5-22-7-11(16)13(18)19/h2-3,6,11,15H,4-5,7H2,1H3,(H,18,19).